The maximum Gasteiger partial charge on any atom is 0.134 e. The Kier molecular flexibility index (Phi) is 2.86. The van der Waals surface area contributed by atoms with E-state index in [1.54, 1.807) is 0 Å². The van der Waals surface area contributed by atoms with Gasteiger partial charge in [-0.3, -0.25) is 4.21 Å². The molecule has 1 heterocycles. The molecule has 0 aliphatic rings. The second-order valence-electron chi connectivity index (χ2n) is 3.19. The fourth-order valence-electron chi connectivity index (χ4n) is 1.57. The van der Waals surface area contributed by atoms with Gasteiger partial charge in [-0.1, -0.05) is 18.2 Å². The topological polar surface area (TPSA) is 65.3 Å². The largest absolute Gasteiger partial charge is 0.760 e. The lowest BCUT2D eigenvalue weighted by Gasteiger charge is -2.06. The van der Waals surface area contributed by atoms with Crippen LogP contribution in [0.4, 0.5) is 0 Å². The third-order valence-electron chi connectivity index (χ3n) is 2.27. The van der Waals surface area contributed by atoms with Gasteiger partial charge in [0.1, 0.15) is 11.3 Å². The molecule has 0 fully saturated rings. The molecule has 15 heavy (non-hydrogen) atoms. The van der Waals surface area contributed by atoms with E-state index in [9.17, 15) is 8.76 Å². The Balaban J connectivity index is 2.40. The molecule has 0 aliphatic heterocycles. The van der Waals surface area contributed by atoms with Gasteiger partial charge in [0, 0.05) is 28.8 Å². The second-order valence-corrected chi connectivity index (χ2v) is 3.95. The molecule has 1 aromatic carbocycles. The van der Waals surface area contributed by atoms with Gasteiger partial charge in [-0.2, -0.15) is 0 Å². The second kappa shape index (κ2) is 4.14. The molecule has 0 aliphatic carbocycles. The number of rotatable bonds is 3. The van der Waals surface area contributed by atoms with Crippen molar-refractivity contribution in [3.05, 3.63) is 35.6 Å². The van der Waals surface area contributed by atoms with E-state index < -0.39 is 11.3 Å². The average molecular weight is 224 g/mol. The molecule has 0 amide bonds. The summed E-state index contributed by atoms with van der Waals surface area (Å²) in [5.74, 6) is 0.745. The molecule has 0 bridgehead atoms. The third kappa shape index (κ3) is 2.09. The Morgan fingerprint density at radius 1 is 1.47 bits per heavy atom. The summed E-state index contributed by atoms with van der Waals surface area (Å²) in [4.78, 5) is 0. The normalized spacial score (nSPS) is 13.2. The van der Waals surface area contributed by atoms with Gasteiger partial charge in [0.2, 0.25) is 0 Å². The number of hydrogen-bond donors (Lipinski definition) is 1. The molecule has 0 spiro atoms. The van der Waals surface area contributed by atoms with Crippen molar-refractivity contribution >= 4 is 22.2 Å². The van der Waals surface area contributed by atoms with Crippen LogP contribution in [0.15, 0.2) is 28.7 Å². The first-order valence-corrected chi connectivity index (χ1v) is 5.56. The average Bonchev–Trinajstić information content (AvgIpc) is 2.50. The van der Waals surface area contributed by atoms with Gasteiger partial charge in [0.25, 0.3) is 0 Å². The van der Waals surface area contributed by atoms with E-state index in [1.165, 1.54) is 0 Å². The van der Waals surface area contributed by atoms with E-state index in [2.05, 4.69) is 4.72 Å². The summed E-state index contributed by atoms with van der Waals surface area (Å²) in [7, 11) is 0. The van der Waals surface area contributed by atoms with Crippen molar-refractivity contribution in [3.63, 3.8) is 0 Å². The van der Waals surface area contributed by atoms with Crippen molar-refractivity contribution in [2.45, 2.75) is 13.5 Å². The predicted molar refractivity (Wildman–Crippen MR) is 56.7 cm³/mol. The molecule has 4 nitrogen and oxygen atoms in total. The molecule has 0 saturated heterocycles. The highest BCUT2D eigenvalue weighted by Gasteiger charge is 2.09. The Bertz CT molecular complexity index is 506. The van der Waals surface area contributed by atoms with Gasteiger partial charge in [-0.05, 0) is 13.0 Å². The fourth-order valence-corrected chi connectivity index (χ4v) is 1.83. The molecule has 2 aromatic rings. The van der Waals surface area contributed by atoms with Gasteiger partial charge in [-0.25, -0.2) is 4.72 Å². The molecular formula is C10H10NO3S-. The summed E-state index contributed by atoms with van der Waals surface area (Å²) in [5.41, 5.74) is 1.67. The van der Waals surface area contributed by atoms with Crippen LogP contribution in [-0.2, 0) is 17.8 Å². The maximum absolute atomic E-state index is 10.4. The zero-order chi connectivity index (χ0) is 10.8. The fraction of sp³-hybridized carbons (Fsp3) is 0.200. The van der Waals surface area contributed by atoms with Gasteiger partial charge >= 0.3 is 0 Å². The van der Waals surface area contributed by atoms with Crippen LogP contribution < -0.4 is 4.72 Å². The van der Waals surface area contributed by atoms with Crippen LogP contribution in [0.25, 0.3) is 11.0 Å². The molecule has 1 N–H and O–H groups in total. The zero-order valence-electron chi connectivity index (χ0n) is 8.15. The molecule has 1 unspecified atom stereocenters. The first-order valence-electron chi connectivity index (χ1n) is 4.48. The lowest BCUT2D eigenvalue weighted by molar-refractivity contribution is 0.521. The molecule has 5 heteroatoms. The monoisotopic (exact) mass is 224 g/mol. The Hall–Kier alpha value is -1.17. The van der Waals surface area contributed by atoms with Crippen LogP contribution in [0.1, 0.15) is 11.3 Å². The summed E-state index contributed by atoms with van der Waals surface area (Å²) in [6.45, 7) is 2.09. The number of para-hydroxylation sites is 1. The molecule has 0 radical (unpaired) electrons. The molecule has 1 aromatic heterocycles. The highest BCUT2D eigenvalue weighted by Crippen LogP contribution is 2.24. The lowest BCUT2D eigenvalue weighted by Crippen LogP contribution is -2.15. The lowest BCUT2D eigenvalue weighted by atomic mass is 10.1. The van der Waals surface area contributed by atoms with E-state index in [0.717, 1.165) is 22.3 Å². The van der Waals surface area contributed by atoms with Crippen LogP contribution >= 0.6 is 0 Å². The van der Waals surface area contributed by atoms with E-state index >= 15 is 0 Å². The van der Waals surface area contributed by atoms with E-state index in [4.69, 9.17) is 4.42 Å². The summed E-state index contributed by atoms with van der Waals surface area (Å²) < 4.78 is 28.6. The van der Waals surface area contributed by atoms with Crippen LogP contribution in [0.5, 0.6) is 0 Å². The van der Waals surface area contributed by atoms with Crippen molar-refractivity contribution in [3.8, 4) is 0 Å². The number of hydrogen-bond acceptors (Lipinski definition) is 3. The van der Waals surface area contributed by atoms with Gasteiger partial charge < -0.3 is 8.97 Å². The maximum atomic E-state index is 10.4. The number of benzene rings is 1. The Labute approximate surface area is 89.7 Å². The minimum Gasteiger partial charge on any atom is -0.760 e. The van der Waals surface area contributed by atoms with Crippen LogP contribution in [0.2, 0.25) is 0 Å². The van der Waals surface area contributed by atoms with E-state index in [1.807, 2.05) is 31.2 Å². The van der Waals surface area contributed by atoms with Gasteiger partial charge in [0.05, 0.1) is 0 Å². The highest BCUT2D eigenvalue weighted by atomic mass is 32.2. The van der Waals surface area contributed by atoms with Crippen LogP contribution in [-0.4, -0.2) is 8.76 Å². The van der Waals surface area contributed by atoms with Crippen molar-refractivity contribution in [2.24, 2.45) is 0 Å². The summed E-state index contributed by atoms with van der Waals surface area (Å²) in [5, 5.41) is 0.952. The molecule has 80 valence electrons. The smallest absolute Gasteiger partial charge is 0.134 e. The van der Waals surface area contributed by atoms with E-state index in [-0.39, 0.29) is 6.54 Å². The highest BCUT2D eigenvalue weighted by molar-refractivity contribution is 7.77. The van der Waals surface area contributed by atoms with Crippen molar-refractivity contribution in [1.29, 1.82) is 0 Å². The van der Waals surface area contributed by atoms with Crippen molar-refractivity contribution in [2.75, 3.05) is 0 Å². The minimum absolute atomic E-state index is 0.263. The predicted octanol–water partition coefficient (Wildman–Crippen LogP) is 1.62. The third-order valence-corrected chi connectivity index (χ3v) is 2.65. The molecule has 0 saturated carbocycles. The standard InChI is InChI=1S/C10H11NO3S/c1-7-9(6-11-15(12)13)8-4-2-3-5-10(8)14-7/h2-5,11H,6H2,1H3,(H,12,13)/p-1. The first kappa shape index (κ1) is 10.4. The summed E-state index contributed by atoms with van der Waals surface area (Å²) in [6, 6.07) is 7.56. The number of aryl methyl sites for hydroxylation is 1. The molecule has 1 atom stereocenters. The quantitative estimate of drug-likeness (QED) is 0.806. The zero-order valence-corrected chi connectivity index (χ0v) is 8.97. The van der Waals surface area contributed by atoms with Crippen molar-refractivity contribution in [1.82, 2.24) is 4.72 Å². The van der Waals surface area contributed by atoms with Crippen LogP contribution in [0, 0.1) is 6.92 Å². The minimum atomic E-state index is -2.24. The summed E-state index contributed by atoms with van der Waals surface area (Å²) >= 11 is -2.24. The SMILES string of the molecule is Cc1oc2ccccc2c1CNS(=O)[O-]. The van der Waals surface area contributed by atoms with E-state index in [0.29, 0.717) is 0 Å². The van der Waals surface area contributed by atoms with Gasteiger partial charge in [0.15, 0.2) is 0 Å². The van der Waals surface area contributed by atoms with Crippen molar-refractivity contribution < 1.29 is 13.2 Å². The van der Waals surface area contributed by atoms with Crippen LogP contribution in [0.3, 0.4) is 0 Å². The Morgan fingerprint density at radius 2 is 2.20 bits per heavy atom. The summed E-state index contributed by atoms with van der Waals surface area (Å²) in [6.07, 6.45) is 0. The van der Waals surface area contributed by atoms with Gasteiger partial charge in [-0.15, -0.1) is 0 Å². The molecule has 2 rings (SSSR count). The Morgan fingerprint density at radius 3 is 2.93 bits per heavy atom. The molecular weight excluding hydrogens is 214 g/mol. The number of fused-ring (bicyclic) bond motifs is 1. The number of furan rings is 1. The number of nitrogens with one attached hydrogen (secondary N) is 1. The first-order chi connectivity index (χ1) is 7.18.